The molecule has 0 radical (unpaired) electrons. The Labute approximate surface area is 126 Å². The molecule has 0 aromatic heterocycles. The Bertz CT molecular complexity index is 600. The van der Waals surface area contributed by atoms with Gasteiger partial charge in [0.05, 0.1) is 7.11 Å². The predicted octanol–water partition coefficient (Wildman–Crippen LogP) is 4.20. The number of hydrogen-bond donors (Lipinski definition) is 0. The molecule has 0 saturated heterocycles. The van der Waals surface area contributed by atoms with E-state index in [1.165, 1.54) is 0 Å². The van der Waals surface area contributed by atoms with Crippen molar-refractivity contribution in [1.29, 1.82) is 0 Å². The summed E-state index contributed by atoms with van der Waals surface area (Å²) in [6, 6.07) is 15.1. The second-order valence-corrected chi connectivity index (χ2v) is 5.23. The lowest BCUT2D eigenvalue weighted by Crippen LogP contribution is -1.93. The minimum atomic E-state index is -0.000722. The number of methoxy groups -OCH3 is 1. The molecule has 0 amide bonds. The Morgan fingerprint density at radius 1 is 1.16 bits per heavy atom. The maximum atomic E-state index is 12.0. The van der Waals surface area contributed by atoms with Crippen LogP contribution < -0.4 is 4.74 Å². The van der Waals surface area contributed by atoms with Crippen molar-refractivity contribution in [3.05, 3.63) is 69.3 Å². The molecule has 0 bridgehead atoms. The third-order valence-corrected chi connectivity index (χ3v) is 3.37. The van der Waals surface area contributed by atoms with Crippen LogP contribution in [0, 0.1) is 3.57 Å². The van der Waals surface area contributed by atoms with E-state index in [4.69, 9.17) is 4.74 Å². The fraction of sp³-hybridized carbons (Fsp3) is 0.0625. The van der Waals surface area contributed by atoms with Crippen LogP contribution in [-0.4, -0.2) is 12.9 Å². The third-order valence-electron chi connectivity index (χ3n) is 2.65. The molecule has 0 atom stereocenters. The second-order valence-electron chi connectivity index (χ2n) is 3.98. The normalized spacial score (nSPS) is 10.6. The van der Waals surface area contributed by atoms with Crippen LogP contribution in [-0.2, 0) is 0 Å². The van der Waals surface area contributed by atoms with Crippen LogP contribution in [0.2, 0.25) is 0 Å². The molecular formula is C16H13IO2. The molecule has 2 rings (SSSR count). The number of ketones is 1. The molecule has 0 spiro atoms. The van der Waals surface area contributed by atoms with Crippen molar-refractivity contribution in [2.75, 3.05) is 7.11 Å². The Kier molecular flexibility index (Phi) is 4.74. The molecule has 0 unspecified atom stereocenters. The van der Waals surface area contributed by atoms with Crippen molar-refractivity contribution < 1.29 is 9.53 Å². The molecule has 2 nitrogen and oxygen atoms in total. The van der Waals surface area contributed by atoms with Gasteiger partial charge in [-0.1, -0.05) is 30.3 Å². The largest absolute Gasteiger partial charge is 0.497 e. The zero-order chi connectivity index (χ0) is 13.7. The fourth-order valence-corrected chi connectivity index (χ4v) is 1.99. The lowest BCUT2D eigenvalue weighted by molar-refractivity contribution is 0.104. The number of halogens is 1. The number of ether oxygens (including phenoxy) is 1. The Morgan fingerprint density at radius 3 is 2.58 bits per heavy atom. The summed E-state index contributed by atoms with van der Waals surface area (Å²) in [7, 11) is 1.62. The van der Waals surface area contributed by atoms with Gasteiger partial charge < -0.3 is 4.74 Å². The van der Waals surface area contributed by atoms with E-state index in [-0.39, 0.29) is 5.78 Å². The SMILES string of the molecule is COc1cccc(/C=C\C(=O)c2ccc(I)cc2)c1. The van der Waals surface area contributed by atoms with E-state index in [2.05, 4.69) is 22.6 Å². The van der Waals surface area contributed by atoms with Gasteiger partial charge in [-0.2, -0.15) is 0 Å². The summed E-state index contributed by atoms with van der Waals surface area (Å²) in [6.45, 7) is 0. The molecule has 0 aliphatic rings. The minimum absolute atomic E-state index is 0.000722. The zero-order valence-corrected chi connectivity index (χ0v) is 12.6. The number of benzene rings is 2. The molecule has 0 aliphatic carbocycles. The van der Waals surface area contributed by atoms with Crippen LogP contribution in [0.4, 0.5) is 0 Å². The zero-order valence-electron chi connectivity index (χ0n) is 10.5. The van der Waals surface area contributed by atoms with Crippen molar-refractivity contribution in [1.82, 2.24) is 0 Å². The van der Waals surface area contributed by atoms with Gasteiger partial charge in [0.2, 0.25) is 0 Å². The van der Waals surface area contributed by atoms with Gasteiger partial charge in [-0.25, -0.2) is 0 Å². The Balaban J connectivity index is 2.13. The van der Waals surface area contributed by atoms with Crippen molar-refractivity contribution in [3.63, 3.8) is 0 Å². The lowest BCUT2D eigenvalue weighted by atomic mass is 10.1. The van der Waals surface area contributed by atoms with E-state index in [0.717, 1.165) is 14.9 Å². The maximum absolute atomic E-state index is 12.0. The number of hydrogen-bond acceptors (Lipinski definition) is 2. The topological polar surface area (TPSA) is 26.3 Å². The van der Waals surface area contributed by atoms with Gasteiger partial charge in [0, 0.05) is 9.13 Å². The number of carbonyl (C=O) groups excluding carboxylic acids is 1. The highest BCUT2D eigenvalue weighted by molar-refractivity contribution is 14.1. The second kappa shape index (κ2) is 6.52. The van der Waals surface area contributed by atoms with Crippen LogP contribution in [0.1, 0.15) is 15.9 Å². The summed E-state index contributed by atoms with van der Waals surface area (Å²) in [5.41, 5.74) is 1.64. The van der Waals surface area contributed by atoms with Gasteiger partial charge in [-0.05, 0) is 58.5 Å². The molecule has 19 heavy (non-hydrogen) atoms. The molecule has 0 fully saturated rings. The summed E-state index contributed by atoms with van der Waals surface area (Å²) in [4.78, 5) is 12.0. The first-order valence-corrected chi connectivity index (χ1v) is 6.89. The Morgan fingerprint density at radius 2 is 1.89 bits per heavy atom. The fourth-order valence-electron chi connectivity index (χ4n) is 1.63. The lowest BCUT2D eigenvalue weighted by Gasteiger charge is -2.00. The number of allylic oxidation sites excluding steroid dienone is 1. The molecular weight excluding hydrogens is 351 g/mol. The van der Waals surface area contributed by atoms with Gasteiger partial charge in [0.25, 0.3) is 0 Å². The smallest absolute Gasteiger partial charge is 0.185 e. The summed E-state index contributed by atoms with van der Waals surface area (Å²) in [6.07, 6.45) is 3.37. The molecule has 2 aromatic carbocycles. The molecule has 2 aromatic rings. The minimum Gasteiger partial charge on any atom is -0.497 e. The summed E-state index contributed by atoms with van der Waals surface area (Å²) in [5.74, 6) is 0.781. The van der Waals surface area contributed by atoms with Gasteiger partial charge in [0.15, 0.2) is 5.78 Å². The quantitative estimate of drug-likeness (QED) is 0.462. The van der Waals surface area contributed by atoms with Gasteiger partial charge in [-0.3, -0.25) is 4.79 Å². The van der Waals surface area contributed by atoms with Crippen molar-refractivity contribution >= 4 is 34.5 Å². The first-order chi connectivity index (χ1) is 9.19. The molecule has 0 aliphatic heterocycles. The van der Waals surface area contributed by atoms with Crippen LogP contribution >= 0.6 is 22.6 Å². The molecule has 0 saturated carbocycles. The number of rotatable bonds is 4. The average Bonchev–Trinajstić information content (AvgIpc) is 2.46. The summed E-state index contributed by atoms with van der Waals surface area (Å²) < 4.78 is 6.26. The summed E-state index contributed by atoms with van der Waals surface area (Å²) in [5, 5.41) is 0. The van der Waals surface area contributed by atoms with E-state index < -0.39 is 0 Å². The first kappa shape index (κ1) is 13.8. The highest BCUT2D eigenvalue weighted by Crippen LogP contribution is 2.14. The van der Waals surface area contributed by atoms with E-state index in [0.29, 0.717) is 5.56 Å². The van der Waals surface area contributed by atoms with Crippen molar-refractivity contribution in [2.45, 2.75) is 0 Å². The van der Waals surface area contributed by atoms with Gasteiger partial charge in [0.1, 0.15) is 5.75 Å². The van der Waals surface area contributed by atoms with Crippen molar-refractivity contribution in [3.8, 4) is 5.75 Å². The monoisotopic (exact) mass is 364 g/mol. The van der Waals surface area contributed by atoms with Crippen molar-refractivity contribution in [2.24, 2.45) is 0 Å². The Hall–Kier alpha value is -1.62. The van der Waals surface area contributed by atoms with Crippen LogP contribution in [0.5, 0.6) is 5.75 Å². The molecule has 0 N–H and O–H groups in total. The van der Waals surface area contributed by atoms with E-state index >= 15 is 0 Å². The van der Waals surface area contributed by atoms with Gasteiger partial charge in [-0.15, -0.1) is 0 Å². The summed E-state index contributed by atoms with van der Waals surface area (Å²) >= 11 is 2.22. The highest BCUT2D eigenvalue weighted by Gasteiger charge is 2.01. The maximum Gasteiger partial charge on any atom is 0.185 e. The van der Waals surface area contributed by atoms with Crippen LogP contribution in [0.15, 0.2) is 54.6 Å². The highest BCUT2D eigenvalue weighted by atomic mass is 127. The first-order valence-electron chi connectivity index (χ1n) is 5.81. The predicted molar refractivity (Wildman–Crippen MR) is 85.5 cm³/mol. The van der Waals surface area contributed by atoms with Gasteiger partial charge >= 0.3 is 0 Å². The van der Waals surface area contributed by atoms with E-state index in [9.17, 15) is 4.79 Å². The van der Waals surface area contributed by atoms with Crippen LogP contribution in [0.3, 0.4) is 0 Å². The third kappa shape index (κ3) is 3.92. The average molecular weight is 364 g/mol. The van der Waals surface area contributed by atoms with E-state index in [1.54, 1.807) is 19.3 Å². The van der Waals surface area contributed by atoms with E-state index in [1.807, 2.05) is 48.5 Å². The molecule has 96 valence electrons. The standard InChI is InChI=1S/C16H13IO2/c1-19-15-4-2-3-12(11-15)5-10-16(18)13-6-8-14(17)9-7-13/h2-11H,1H3/b10-5-. The number of carbonyl (C=O) groups is 1. The molecule has 0 heterocycles. The van der Waals surface area contributed by atoms with Crippen LogP contribution in [0.25, 0.3) is 6.08 Å². The molecule has 3 heteroatoms.